The molecule has 35 heavy (non-hydrogen) atoms. The van der Waals surface area contributed by atoms with Gasteiger partial charge in [0.25, 0.3) is 0 Å². The minimum Gasteiger partial charge on any atom is -0.508 e. The smallest absolute Gasteiger partial charge is 0.314 e. The Morgan fingerprint density at radius 2 is 1.77 bits per heavy atom. The van der Waals surface area contributed by atoms with E-state index in [9.17, 15) is 14.7 Å². The van der Waals surface area contributed by atoms with Gasteiger partial charge in [0.1, 0.15) is 5.75 Å². The van der Waals surface area contributed by atoms with Gasteiger partial charge in [-0.2, -0.15) is 0 Å². The molecule has 7 nitrogen and oxygen atoms in total. The van der Waals surface area contributed by atoms with Crippen molar-refractivity contribution < 1.29 is 14.7 Å². The number of urea groups is 1. The Labute approximate surface area is 214 Å². The van der Waals surface area contributed by atoms with E-state index >= 15 is 0 Å². The fraction of sp³-hybridized carbons (Fsp3) is 0.481. The SMILES string of the molecule is NC(=O)N1CCC(CC(=O)N2CCC(C3c4ccc(O)cc4C=CC4=CC(Br)=CNC43)CC2)CC1. The monoisotopic (exact) mass is 540 g/mol. The molecule has 5 rings (SSSR count). The summed E-state index contributed by atoms with van der Waals surface area (Å²) in [6, 6.07) is 5.48. The van der Waals surface area contributed by atoms with Crippen molar-refractivity contribution in [3.05, 3.63) is 57.7 Å². The van der Waals surface area contributed by atoms with Crippen molar-refractivity contribution in [1.29, 1.82) is 0 Å². The summed E-state index contributed by atoms with van der Waals surface area (Å²) in [6.07, 6.45) is 12.6. The lowest BCUT2D eigenvalue weighted by Crippen LogP contribution is -2.45. The summed E-state index contributed by atoms with van der Waals surface area (Å²) in [6.45, 7) is 2.84. The first-order valence-corrected chi connectivity index (χ1v) is 13.3. The van der Waals surface area contributed by atoms with Crippen LogP contribution in [0.15, 0.2) is 46.6 Å². The largest absolute Gasteiger partial charge is 0.508 e. The molecular formula is C27H33BrN4O3. The minimum atomic E-state index is -0.365. The van der Waals surface area contributed by atoms with Gasteiger partial charge in [-0.3, -0.25) is 4.79 Å². The predicted molar refractivity (Wildman–Crippen MR) is 140 cm³/mol. The normalized spacial score (nSPS) is 25.1. The Kier molecular flexibility index (Phi) is 6.91. The van der Waals surface area contributed by atoms with Gasteiger partial charge in [0.15, 0.2) is 0 Å². The molecule has 4 N–H and O–H groups in total. The maximum atomic E-state index is 13.1. The molecule has 0 radical (unpaired) electrons. The lowest BCUT2D eigenvalue weighted by molar-refractivity contribution is -0.134. The van der Waals surface area contributed by atoms with Crippen LogP contribution in [0.25, 0.3) is 6.08 Å². The van der Waals surface area contributed by atoms with Crippen LogP contribution in [-0.2, 0) is 4.79 Å². The number of carbonyl (C=O) groups excluding carboxylic acids is 2. The van der Waals surface area contributed by atoms with E-state index in [1.807, 2.05) is 17.2 Å². The maximum Gasteiger partial charge on any atom is 0.314 e. The molecular weight excluding hydrogens is 508 g/mol. The Balaban J connectivity index is 1.26. The zero-order valence-corrected chi connectivity index (χ0v) is 21.4. The third-order valence-corrected chi connectivity index (χ3v) is 8.56. The number of carbonyl (C=O) groups is 2. The highest BCUT2D eigenvalue weighted by Crippen LogP contribution is 2.43. The second-order valence-corrected chi connectivity index (χ2v) is 11.1. The number of likely N-dealkylation sites (tertiary alicyclic amines) is 2. The average Bonchev–Trinajstić information content (AvgIpc) is 3.00. The standard InChI is InChI=1S/C27H33BrN4O3/c28-21-14-20-2-1-19-15-22(33)3-4-23(19)25(26(20)30-16-21)18-7-11-31(12-8-18)24(34)13-17-5-9-32(10-6-17)27(29)35/h1-4,14-18,25-26,30,33H,5-13H2,(H2,29,35). The fourth-order valence-electron chi connectivity index (χ4n) is 6.16. The molecule has 3 amide bonds. The Morgan fingerprint density at radius 1 is 1.06 bits per heavy atom. The first kappa shape index (κ1) is 24.0. The van der Waals surface area contributed by atoms with E-state index < -0.39 is 0 Å². The van der Waals surface area contributed by atoms with Crippen molar-refractivity contribution in [3.63, 3.8) is 0 Å². The third-order valence-electron chi connectivity index (χ3n) is 8.10. The van der Waals surface area contributed by atoms with Crippen LogP contribution in [0.5, 0.6) is 5.75 Å². The van der Waals surface area contributed by atoms with E-state index in [0.717, 1.165) is 48.8 Å². The third kappa shape index (κ3) is 5.13. The number of nitrogens with two attached hydrogens (primary N) is 1. The summed E-state index contributed by atoms with van der Waals surface area (Å²) < 4.78 is 1.02. The highest BCUT2D eigenvalue weighted by Gasteiger charge is 2.38. The predicted octanol–water partition coefficient (Wildman–Crippen LogP) is 4.06. The van der Waals surface area contributed by atoms with Crippen LogP contribution in [0.2, 0.25) is 0 Å². The lowest BCUT2D eigenvalue weighted by Gasteiger charge is -2.41. The van der Waals surface area contributed by atoms with Gasteiger partial charge in [-0.05, 0) is 88.4 Å². The molecule has 0 spiro atoms. The fourth-order valence-corrected chi connectivity index (χ4v) is 6.56. The molecule has 2 fully saturated rings. The molecule has 3 aliphatic heterocycles. The molecule has 1 aromatic carbocycles. The van der Waals surface area contributed by atoms with Crippen molar-refractivity contribution in [2.45, 2.75) is 44.1 Å². The molecule has 4 aliphatic rings. The summed E-state index contributed by atoms with van der Waals surface area (Å²) in [4.78, 5) is 28.1. The van der Waals surface area contributed by atoms with Gasteiger partial charge in [-0.15, -0.1) is 0 Å². The second-order valence-electron chi connectivity index (χ2n) is 10.2. The van der Waals surface area contributed by atoms with Crippen LogP contribution in [-0.4, -0.2) is 59.1 Å². The van der Waals surface area contributed by atoms with Crippen molar-refractivity contribution in [1.82, 2.24) is 15.1 Å². The maximum absolute atomic E-state index is 13.1. The molecule has 186 valence electrons. The van der Waals surface area contributed by atoms with Crippen LogP contribution in [0.1, 0.15) is 49.1 Å². The Bertz CT molecular complexity index is 1080. The van der Waals surface area contributed by atoms with E-state index in [-0.39, 0.29) is 29.6 Å². The molecule has 8 heteroatoms. The molecule has 0 aromatic heterocycles. The number of primary amides is 1. The molecule has 0 bridgehead atoms. The van der Waals surface area contributed by atoms with Crippen LogP contribution in [0.3, 0.4) is 0 Å². The highest BCUT2D eigenvalue weighted by molar-refractivity contribution is 9.11. The molecule has 2 saturated heterocycles. The summed E-state index contributed by atoms with van der Waals surface area (Å²) in [5.41, 5.74) is 8.91. The number of phenolic OH excluding ortho intramolecular Hbond substituents is 1. The Morgan fingerprint density at radius 3 is 2.49 bits per heavy atom. The number of nitrogens with one attached hydrogen (secondary N) is 1. The zero-order chi connectivity index (χ0) is 24.5. The molecule has 1 aromatic rings. The minimum absolute atomic E-state index is 0.154. The highest BCUT2D eigenvalue weighted by atomic mass is 79.9. The van der Waals surface area contributed by atoms with Crippen LogP contribution in [0, 0.1) is 11.8 Å². The lowest BCUT2D eigenvalue weighted by atomic mass is 9.73. The summed E-state index contributed by atoms with van der Waals surface area (Å²) >= 11 is 3.59. The van der Waals surface area contributed by atoms with Crippen LogP contribution < -0.4 is 11.1 Å². The number of hydrogen-bond donors (Lipinski definition) is 3. The zero-order valence-electron chi connectivity index (χ0n) is 19.8. The number of allylic oxidation sites excluding steroid dienone is 2. The number of nitrogens with zero attached hydrogens (tertiary/aromatic N) is 2. The van der Waals surface area contributed by atoms with E-state index in [0.29, 0.717) is 31.3 Å². The number of halogens is 1. The summed E-state index contributed by atoms with van der Waals surface area (Å²) in [7, 11) is 0. The molecule has 2 unspecified atom stereocenters. The number of phenols is 1. The number of rotatable bonds is 3. The number of benzene rings is 1. The van der Waals surface area contributed by atoms with E-state index in [1.165, 1.54) is 11.1 Å². The van der Waals surface area contributed by atoms with E-state index in [4.69, 9.17) is 5.73 Å². The quantitative estimate of drug-likeness (QED) is 0.538. The van der Waals surface area contributed by atoms with Crippen molar-refractivity contribution in [2.75, 3.05) is 26.2 Å². The van der Waals surface area contributed by atoms with Gasteiger partial charge in [0.05, 0.1) is 6.04 Å². The number of amides is 3. The van der Waals surface area contributed by atoms with Crippen molar-refractivity contribution in [3.8, 4) is 5.75 Å². The molecule has 3 heterocycles. The molecule has 1 aliphatic carbocycles. The van der Waals surface area contributed by atoms with Crippen LogP contribution >= 0.6 is 15.9 Å². The van der Waals surface area contributed by atoms with Crippen LogP contribution in [0.4, 0.5) is 4.79 Å². The summed E-state index contributed by atoms with van der Waals surface area (Å²) in [5, 5.41) is 13.7. The topological polar surface area (TPSA) is 98.9 Å². The number of piperidine rings is 2. The first-order chi connectivity index (χ1) is 16.9. The average molecular weight is 541 g/mol. The second kappa shape index (κ2) is 10.1. The van der Waals surface area contributed by atoms with E-state index in [2.05, 4.69) is 45.5 Å². The summed E-state index contributed by atoms with van der Waals surface area (Å²) in [5.74, 6) is 1.51. The number of fused-ring (bicyclic) bond motifs is 2. The van der Waals surface area contributed by atoms with Gasteiger partial charge in [0.2, 0.25) is 5.91 Å². The number of hydrogen-bond acceptors (Lipinski definition) is 4. The van der Waals surface area contributed by atoms with Gasteiger partial charge in [-0.25, -0.2) is 4.79 Å². The van der Waals surface area contributed by atoms with Crippen molar-refractivity contribution in [2.24, 2.45) is 17.6 Å². The number of dihydropyridines is 1. The van der Waals surface area contributed by atoms with Gasteiger partial charge >= 0.3 is 6.03 Å². The van der Waals surface area contributed by atoms with E-state index in [1.54, 1.807) is 11.0 Å². The van der Waals surface area contributed by atoms with Gasteiger partial charge in [-0.1, -0.05) is 18.2 Å². The van der Waals surface area contributed by atoms with Gasteiger partial charge in [0, 0.05) is 49.2 Å². The Hall–Kier alpha value is -2.74. The van der Waals surface area contributed by atoms with Crippen molar-refractivity contribution >= 4 is 33.9 Å². The molecule has 0 saturated carbocycles. The van der Waals surface area contributed by atoms with Gasteiger partial charge < -0.3 is 26.0 Å². The number of aromatic hydroxyl groups is 1. The molecule has 2 atom stereocenters. The first-order valence-electron chi connectivity index (χ1n) is 12.6.